The second kappa shape index (κ2) is 20.3. The van der Waals surface area contributed by atoms with E-state index in [2.05, 4.69) is 44.3 Å². The van der Waals surface area contributed by atoms with Crippen molar-refractivity contribution >= 4 is 33.5 Å². The number of unbranched alkanes of at least 4 members (excludes halogenated alkanes) is 1. The van der Waals surface area contributed by atoms with Gasteiger partial charge in [-0.3, -0.25) is 29.4 Å². The van der Waals surface area contributed by atoms with Gasteiger partial charge < -0.3 is 24.2 Å². The van der Waals surface area contributed by atoms with Crippen molar-refractivity contribution in [3.05, 3.63) is 94.0 Å². The molecule has 2 atom stereocenters. The molecule has 0 spiro atoms. The number of benzene rings is 3. The molecule has 4 fully saturated rings. The van der Waals surface area contributed by atoms with Crippen molar-refractivity contribution in [2.75, 3.05) is 78.1 Å². The Kier molecular flexibility index (Phi) is 14.5. The van der Waals surface area contributed by atoms with Crippen molar-refractivity contribution in [3.8, 4) is 11.5 Å². The molecule has 0 bridgehead atoms. The number of imide groups is 2. The maximum absolute atomic E-state index is 14.3. The molecule has 64 heavy (non-hydrogen) atoms. The van der Waals surface area contributed by atoms with Crippen LogP contribution in [0.15, 0.2) is 60.7 Å². The van der Waals surface area contributed by atoms with Crippen molar-refractivity contribution in [1.29, 1.82) is 0 Å². The van der Waals surface area contributed by atoms with Gasteiger partial charge in [0.05, 0.1) is 42.6 Å². The van der Waals surface area contributed by atoms with Gasteiger partial charge in [-0.25, -0.2) is 8.42 Å². The van der Waals surface area contributed by atoms with Gasteiger partial charge in [0.15, 0.2) is 11.5 Å². The van der Waals surface area contributed by atoms with Crippen molar-refractivity contribution < 1.29 is 37.1 Å². The lowest BCUT2D eigenvalue weighted by Gasteiger charge is -2.42. The van der Waals surface area contributed by atoms with Crippen LogP contribution in [0.5, 0.6) is 11.5 Å². The van der Waals surface area contributed by atoms with E-state index >= 15 is 0 Å². The first kappa shape index (κ1) is 45.9. The minimum absolute atomic E-state index is 0.132. The van der Waals surface area contributed by atoms with Crippen molar-refractivity contribution in [2.45, 2.75) is 101 Å². The van der Waals surface area contributed by atoms with Gasteiger partial charge in [-0.2, -0.15) is 0 Å². The predicted octanol–water partition coefficient (Wildman–Crippen LogP) is 6.30. The Labute approximate surface area is 378 Å². The van der Waals surface area contributed by atoms with Crippen LogP contribution in [0.25, 0.3) is 0 Å². The number of fused-ring (bicyclic) bond motifs is 1. The normalized spacial score (nSPS) is 21.9. The number of amides is 4. The zero-order valence-electron chi connectivity index (χ0n) is 37.8. The molecule has 1 N–H and O–H groups in total. The first-order valence-corrected chi connectivity index (χ1v) is 25.6. The van der Waals surface area contributed by atoms with Crippen LogP contribution in [-0.4, -0.2) is 136 Å². The Morgan fingerprint density at radius 1 is 0.734 bits per heavy atom. The number of hydrogen-bond donors (Lipinski definition) is 1. The van der Waals surface area contributed by atoms with Gasteiger partial charge in [0.2, 0.25) is 11.8 Å². The van der Waals surface area contributed by atoms with Crippen molar-refractivity contribution in [3.63, 3.8) is 0 Å². The molecule has 14 heteroatoms. The predicted molar refractivity (Wildman–Crippen MR) is 246 cm³/mol. The van der Waals surface area contributed by atoms with Crippen LogP contribution in [0.3, 0.4) is 0 Å². The highest BCUT2D eigenvalue weighted by Gasteiger charge is 2.44. The molecular weight excluding hydrogens is 831 g/mol. The second-order valence-electron chi connectivity index (χ2n) is 18.6. The van der Waals surface area contributed by atoms with Crippen LogP contribution in [0.1, 0.15) is 138 Å². The molecule has 0 radical (unpaired) electrons. The molecule has 3 aromatic rings. The Morgan fingerprint density at radius 2 is 1.38 bits per heavy atom. The second-order valence-corrected chi connectivity index (χ2v) is 20.8. The zero-order valence-corrected chi connectivity index (χ0v) is 38.6. The molecule has 5 aliphatic heterocycles. The van der Waals surface area contributed by atoms with Crippen LogP contribution in [0.2, 0.25) is 0 Å². The minimum Gasteiger partial charge on any atom is -0.493 e. The van der Waals surface area contributed by atoms with Gasteiger partial charge in [-0.15, -0.1) is 0 Å². The van der Waals surface area contributed by atoms with E-state index < -0.39 is 33.4 Å². The summed E-state index contributed by atoms with van der Waals surface area (Å²) in [6, 6.07) is 18.8. The Bertz CT molecular complexity index is 2280. The van der Waals surface area contributed by atoms with Crippen LogP contribution >= 0.6 is 0 Å². The van der Waals surface area contributed by atoms with E-state index in [4.69, 9.17) is 9.47 Å². The van der Waals surface area contributed by atoms with Crippen LogP contribution in [-0.2, 0) is 19.4 Å². The summed E-state index contributed by atoms with van der Waals surface area (Å²) in [6.45, 7) is 10.8. The highest BCUT2D eigenvalue weighted by Crippen LogP contribution is 2.41. The topological polar surface area (TPSA) is 146 Å². The average Bonchev–Trinajstić information content (AvgIpc) is 3.55. The average molecular weight is 896 g/mol. The van der Waals surface area contributed by atoms with E-state index in [1.165, 1.54) is 31.9 Å². The van der Waals surface area contributed by atoms with Gasteiger partial charge in [0.1, 0.15) is 9.84 Å². The number of rotatable bonds is 16. The fourth-order valence-electron chi connectivity index (χ4n) is 11.0. The number of likely N-dealkylation sites (tertiary alicyclic amines) is 3. The Morgan fingerprint density at radius 3 is 2.00 bits per heavy atom. The molecule has 344 valence electrons. The standard InChI is InChI=1S/C50H65N5O8S/c1-4-63-45-32-38(14-16-44(45)62-2)43(33-64(3,60)61)55-49(58)42-9-7-8-40(47(42)50(55)59)37-18-26-52(27-19-37)24-5-6-25-53-28-22-39(23-29-53)54-30-20-35(21-31-54)34-10-12-36(13-11-34)41-15-17-46(56)51-48(41)57/h7-14,16,32,35,37,39,41,43H,4-6,15,17-31,33H2,1-3H3,(H,51,56,57)/t41?,43-/m1/s1. The monoisotopic (exact) mass is 895 g/mol. The van der Waals surface area contributed by atoms with E-state index in [0.29, 0.717) is 59.6 Å². The number of carbonyl (C=O) groups is 4. The van der Waals surface area contributed by atoms with E-state index in [-0.39, 0.29) is 23.7 Å². The van der Waals surface area contributed by atoms with Gasteiger partial charge >= 0.3 is 0 Å². The molecule has 0 saturated carbocycles. The largest absolute Gasteiger partial charge is 0.493 e. The number of nitrogens with zero attached hydrogens (tertiary/aromatic N) is 4. The van der Waals surface area contributed by atoms with Gasteiger partial charge in [0.25, 0.3) is 11.8 Å². The summed E-state index contributed by atoms with van der Waals surface area (Å²) in [5, 5.41) is 2.48. The number of methoxy groups -OCH3 is 1. The van der Waals surface area contributed by atoms with Gasteiger partial charge in [-0.05, 0) is 169 Å². The van der Waals surface area contributed by atoms with Crippen molar-refractivity contribution in [2.24, 2.45) is 0 Å². The first-order chi connectivity index (χ1) is 30.9. The van der Waals surface area contributed by atoms with Crippen LogP contribution < -0.4 is 14.8 Å². The zero-order chi connectivity index (χ0) is 45.0. The SMILES string of the molecule is CCOc1cc([C@@H](CS(C)(=O)=O)N2C(=O)c3cccc(C4CCN(CCCCN5CCC(N6CCC(c7ccc(C8CCC(=O)NC8=O)cc7)CC6)CC5)CC4)c3C2=O)ccc1OC. The third-order valence-electron chi connectivity index (χ3n) is 14.5. The molecule has 4 amide bonds. The molecule has 3 aromatic carbocycles. The highest BCUT2D eigenvalue weighted by atomic mass is 32.2. The lowest BCUT2D eigenvalue weighted by Crippen LogP contribution is -2.47. The van der Waals surface area contributed by atoms with E-state index in [9.17, 15) is 27.6 Å². The van der Waals surface area contributed by atoms with Crippen LogP contribution in [0.4, 0.5) is 0 Å². The van der Waals surface area contributed by atoms with E-state index in [0.717, 1.165) is 107 Å². The fourth-order valence-corrected chi connectivity index (χ4v) is 11.9. The Balaban J connectivity index is 0.768. The number of hydrogen-bond acceptors (Lipinski definition) is 11. The Hall–Kier alpha value is -4.63. The third kappa shape index (κ3) is 10.4. The summed E-state index contributed by atoms with van der Waals surface area (Å²) >= 11 is 0. The van der Waals surface area contributed by atoms with E-state index in [1.807, 2.05) is 19.1 Å². The lowest BCUT2D eigenvalue weighted by atomic mass is 9.85. The summed E-state index contributed by atoms with van der Waals surface area (Å²) in [7, 11) is -2.07. The lowest BCUT2D eigenvalue weighted by molar-refractivity contribution is -0.134. The maximum atomic E-state index is 14.3. The van der Waals surface area contributed by atoms with Gasteiger partial charge in [0, 0.05) is 18.7 Å². The molecule has 0 aromatic heterocycles. The maximum Gasteiger partial charge on any atom is 0.262 e. The first-order valence-electron chi connectivity index (χ1n) is 23.5. The highest BCUT2D eigenvalue weighted by molar-refractivity contribution is 7.90. The molecule has 5 heterocycles. The number of sulfone groups is 1. The third-order valence-corrected chi connectivity index (χ3v) is 15.4. The molecular formula is C50H65N5O8S. The number of nitrogens with one attached hydrogen (secondary N) is 1. The summed E-state index contributed by atoms with van der Waals surface area (Å²) in [4.78, 5) is 61.3. The number of ether oxygens (including phenoxy) is 2. The summed E-state index contributed by atoms with van der Waals surface area (Å²) < 4.78 is 36.7. The fraction of sp³-hybridized carbons (Fsp3) is 0.560. The molecule has 5 aliphatic rings. The number of carbonyl (C=O) groups excluding carboxylic acids is 4. The molecule has 1 unspecified atom stereocenters. The molecule has 4 saturated heterocycles. The van der Waals surface area contributed by atoms with E-state index in [1.54, 1.807) is 24.3 Å². The van der Waals surface area contributed by atoms with Crippen molar-refractivity contribution in [1.82, 2.24) is 24.9 Å². The van der Waals surface area contributed by atoms with Crippen LogP contribution in [0, 0.1) is 0 Å². The van der Waals surface area contributed by atoms with Gasteiger partial charge in [-0.1, -0.05) is 42.5 Å². The summed E-state index contributed by atoms with van der Waals surface area (Å²) in [5.41, 5.74) is 4.48. The quantitative estimate of drug-likeness (QED) is 0.128. The minimum atomic E-state index is -3.60. The molecule has 13 nitrogen and oxygen atoms in total. The molecule has 8 rings (SSSR count). The smallest absolute Gasteiger partial charge is 0.262 e. The summed E-state index contributed by atoms with van der Waals surface area (Å²) in [6.07, 6.45) is 11.0. The summed E-state index contributed by atoms with van der Waals surface area (Å²) in [5.74, 6) is -0.315. The molecule has 0 aliphatic carbocycles. The number of piperidine rings is 4.